The molecule has 0 bridgehead atoms. The number of hydrogen-bond acceptors (Lipinski definition) is 1. The van der Waals surface area contributed by atoms with Gasteiger partial charge in [0.15, 0.2) is 0 Å². The molecule has 0 spiro atoms. The Morgan fingerprint density at radius 2 is 1.83 bits per heavy atom. The molecule has 0 aliphatic carbocycles. The lowest BCUT2D eigenvalue weighted by molar-refractivity contribution is 0.574. The van der Waals surface area contributed by atoms with Crippen LogP contribution in [-0.2, 0) is 6.54 Å². The van der Waals surface area contributed by atoms with Crippen molar-refractivity contribution >= 4 is 15.9 Å². The van der Waals surface area contributed by atoms with E-state index in [1.807, 2.05) is 6.07 Å². The molecule has 2 aromatic carbocycles. The average Bonchev–Trinajstić information content (AvgIpc) is 2.37. The number of halogens is 1. The Hall–Kier alpha value is -1.12. The van der Waals surface area contributed by atoms with Gasteiger partial charge in [0.2, 0.25) is 0 Å². The Labute approximate surface area is 117 Å². The summed E-state index contributed by atoms with van der Waals surface area (Å²) in [5.74, 6) is 0. The van der Waals surface area contributed by atoms with Crippen molar-refractivity contribution in [1.29, 1.82) is 0 Å². The molecule has 2 aromatic rings. The highest BCUT2D eigenvalue weighted by atomic mass is 79.9. The zero-order valence-corrected chi connectivity index (χ0v) is 12.4. The van der Waals surface area contributed by atoms with Crippen LogP contribution in [0.4, 0.5) is 0 Å². The highest BCUT2D eigenvalue weighted by molar-refractivity contribution is 9.10. The quantitative estimate of drug-likeness (QED) is 0.870. The molecule has 0 saturated heterocycles. The molecule has 2 heteroatoms. The highest BCUT2D eigenvalue weighted by Crippen LogP contribution is 2.15. The molecule has 0 aliphatic heterocycles. The molecule has 0 saturated carbocycles. The van der Waals surface area contributed by atoms with Gasteiger partial charge in [-0.05, 0) is 37.1 Å². The normalized spacial score (nSPS) is 12.4. The summed E-state index contributed by atoms with van der Waals surface area (Å²) in [6.45, 7) is 5.19. The van der Waals surface area contributed by atoms with E-state index in [1.165, 1.54) is 16.7 Å². The fraction of sp³-hybridized carbons (Fsp3) is 0.250. The molecule has 1 N–H and O–H groups in total. The molecule has 1 nitrogen and oxygen atoms in total. The highest BCUT2D eigenvalue weighted by Gasteiger charge is 2.04. The van der Waals surface area contributed by atoms with Crippen LogP contribution in [0, 0.1) is 6.92 Å². The van der Waals surface area contributed by atoms with Gasteiger partial charge in [-0.2, -0.15) is 0 Å². The summed E-state index contributed by atoms with van der Waals surface area (Å²) in [5, 5.41) is 3.54. The topological polar surface area (TPSA) is 12.0 Å². The third-order valence-corrected chi connectivity index (χ3v) is 3.57. The summed E-state index contributed by atoms with van der Waals surface area (Å²) in [4.78, 5) is 0. The van der Waals surface area contributed by atoms with Crippen LogP contribution in [0.15, 0.2) is 53.0 Å². The molecule has 0 heterocycles. The Balaban J connectivity index is 1.96. The number of aryl methyl sites for hydroxylation is 1. The van der Waals surface area contributed by atoms with E-state index in [1.54, 1.807) is 0 Å². The van der Waals surface area contributed by atoms with Gasteiger partial charge in [-0.25, -0.2) is 0 Å². The first-order valence-corrected chi connectivity index (χ1v) is 6.99. The maximum absolute atomic E-state index is 3.54. The molecule has 18 heavy (non-hydrogen) atoms. The minimum absolute atomic E-state index is 0.365. The first-order valence-electron chi connectivity index (χ1n) is 6.19. The van der Waals surface area contributed by atoms with Crippen molar-refractivity contribution in [3.05, 3.63) is 69.7 Å². The number of rotatable bonds is 4. The van der Waals surface area contributed by atoms with E-state index in [2.05, 4.69) is 77.6 Å². The van der Waals surface area contributed by atoms with Crippen LogP contribution in [0.1, 0.15) is 29.7 Å². The van der Waals surface area contributed by atoms with Crippen LogP contribution in [0.2, 0.25) is 0 Å². The zero-order chi connectivity index (χ0) is 13.0. The standard InChI is InChI=1S/C16H18BrN/c1-12-6-8-15(9-7-12)13(2)18-11-14-4-3-5-16(17)10-14/h3-10,13,18H,11H2,1-2H3/t13-/m0/s1. The molecule has 2 rings (SSSR count). The van der Waals surface area contributed by atoms with Crippen molar-refractivity contribution in [1.82, 2.24) is 5.32 Å². The summed E-state index contributed by atoms with van der Waals surface area (Å²) in [6.07, 6.45) is 0. The number of nitrogens with one attached hydrogen (secondary N) is 1. The van der Waals surface area contributed by atoms with Crippen LogP contribution in [-0.4, -0.2) is 0 Å². The zero-order valence-electron chi connectivity index (χ0n) is 10.8. The summed E-state index contributed by atoms with van der Waals surface area (Å²) >= 11 is 3.49. The molecule has 0 amide bonds. The van der Waals surface area contributed by atoms with Crippen molar-refractivity contribution in [3.63, 3.8) is 0 Å². The van der Waals surface area contributed by atoms with Crippen LogP contribution in [0.25, 0.3) is 0 Å². The molecule has 94 valence electrons. The van der Waals surface area contributed by atoms with Gasteiger partial charge in [0.1, 0.15) is 0 Å². The van der Waals surface area contributed by atoms with E-state index in [9.17, 15) is 0 Å². The van der Waals surface area contributed by atoms with Gasteiger partial charge in [-0.1, -0.05) is 57.9 Å². The molecular formula is C16H18BrN. The van der Waals surface area contributed by atoms with E-state index >= 15 is 0 Å². The van der Waals surface area contributed by atoms with Gasteiger partial charge in [0, 0.05) is 17.1 Å². The van der Waals surface area contributed by atoms with Gasteiger partial charge in [0.05, 0.1) is 0 Å². The Morgan fingerprint density at radius 3 is 2.50 bits per heavy atom. The van der Waals surface area contributed by atoms with E-state index in [0.29, 0.717) is 6.04 Å². The van der Waals surface area contributed by atoms with Crippen molar-refractivity contribution in [2.45, 2.75) is 26.4 Å². The van der Waals surface area contributed by atoms with Gasteiger partial charge >= 0.3 is 0 Å². The lowest BCUT2D eigenvalue weighted by Crippen LogP contribution is -2.17. The molecule has 0 radical (unpaired) electrons. The molecule has 0 unspecified atom stereocenters. The first-order chi connectivity index (χ1) is 8.65. The van der Waals surface area contributed by atoms with Crippen LogP contribution in [0.3, 0.4) is 0 Å². The lowest BCUT2D eigenvalue weighted by atomic mass is 10.1. The number of hydrogen-bond donors (Lipinski definition) is 1. The van der Waals surface area contributed by atoms with Crippen molar-refractivity contribution in [2.75, 3.05) is 0 Å². The van der Waals surface area contributed by atoms with E-state index in [-0.39, 0.29) is 0 Å². The summed E-state index contributed by atoms with van der Waals surface area (Å²) < 4.78 is 1.13. The van der Waals surface area contributed by atoms with Gasteiger partial charge < -0.3 is 5.32 Å². The van der Waals surface area contributed by atoms with Crippen LogP contribution >= 0.6 is 15.9 Å². The minimum Gasteiger partial charge on any atom is -0.306 e. The van der Waals surface area contributed by atoms with Gasteiger partial charge in [0.25, 0.3) is 0 Å². The molecule has 1 atom stereocenters. The third kappa shape index (κ3) is 3.69. The summed E-state index contributed by atoms with van der Waals surface area (Å²) in [7, 11) is 0. The maximum atomic E-state index is 3.54. The lowest BCUT2D eigenvalue weighted by Gasteiger charge is -2.14. The van der Waals surface area contributed by atoms with E-state index in [4.69, 9.17) is 0 Å². The second-order valence-corrected chi connectivity index (χ2v) is 5.56. The average molecular weight is 304 g/mol. The SMILES string of the molecule is Cc1ccc([C@H](C)NCc2cccc(Br)c2)cc1. The van der Waals surface area contributed by atoms with Crippen LogP contribution in [0.5, 0.6) is 0 Å². The molecular weight excluding hydrogens is 286 g/mol. The first kappa shape index (κ1) is 13.3. The summed E-state index contributed by atoms with van der Waals surface area (Å²) in [6, 6.07) is 17.5. The van der Waals surface area contributed by atoms with Gasteiger partial charge in [-0.15, -0.1) is 0 Å². The molecule has 0 aromatic heterocycles. The van der Waals surface area contributed by atoms with Crippen molar-refractivity contribution < 1.29 is 0 Å². The molecule has 0 aliphatic rings. The van der Waals surface area contributed by atoms with Gasteiger partial charge in [-0.3, -0.25) is 0 Å². The Bertz CT molecular complexity index is 505. The third-order valence-electron chi connectivity index (χ3n) is 3.08. The summed E-state index contributed by atoms with van der Waals surface area (Å²) in [5.41, 5.74) is 3.93. The second kappa shape index (κ2) is 6.17. The Morgan fingerprint density at radius 1 is 1.11 bits per heavy atom. The molecule has 0 fully saturated rings. The van der Waals surface area contributed by atoms with E-state index in [0.717, 1.165) is 11.0 Å². The van der Waals surface area contributed by atoms with Crippen molar-refractivity contribution in [3.8, 4) is 0 Å². The predicted octanol–water partition coefficient (Wildman–Crippen LogP) is 4.61. The maximum Gasteiger partial charge on any atom is 0.0294 e. The largest absolute Gasteiger partial charge is 0.306 e. The fourth-order valence-electron chi connectivity index (χ4n) is 1.89. The van der Waals surface area contributed by atoms with Crippen LogP contribution < -0.4 is 5.32 Å². The predicted molar refractivity (Wildman–Crippen MR) is 80.6 cm³/mol. The smallest absolute Gasteiger partial charge is 0.0294 e. The van der Waals surface area contributed by atoms with E-state index < -0.39 is 0 Å². The second-order valence-electron chi connectivity index (χ2n) is 4.64. The fourth-order valence-corrected chi connectivity index (χ4v) is 2.34. The number of benzene rings is 2. The Kier molecular flexibility index (Phi) is 4.56. The minimum atomic E-state index is 0.365. The monoisotopic (exact) mass is 303 g/mol. The van der Waals surface area contributed by atoms with Crippen molar-refractivity contribution in [2.24, 2.45) is 0 Å².